The van der Waals surface area contributed by atoms with Crippen LogP contribution in [0.2, 0.25) is 5.02 Å². The second-order valence-corrected chi connectivity index (χ2v) is 11.2. The summed E-state index contributed by atoms with van der Waals surface area (Å²) < 4.78 is 19.2. The van der Waals surface area contributed by atoms with Crippen LogP contribution in [0.1, 0.15) is 52.0 Å². The summed E-state index contributed by atoms with van der Waals surface area (Å²) in [6, 6.07) is 13.8. The Morgan fingerprint density at radius 1 is 1.16 bits per heavy atom. The number of hydrogen-bond acceptors (Lipinski definition) is 5. The van der Waals surface area contributed by atoms with Gasteiger partial charge in [-0.15, -0.1) is 0 Å². The third-order valence-corrected chi connectivity index (χ3v) is 7.11. The SMILES string of the molecule is CC(C)(C)N(CC1CCC(Nc2cc(-c3cccc(OCc4cccc(F)c4)n3)c(Cl)cn2)CC1)C(=O)O. The smallest absolute Gasteiger partial charge is 0.407 e. The van der Waals surface area contributed by atoms with Crippen LogP contribution in [-0.4, -0.2) is 44.2 Å². The summed E-state index contributed by atoms with van der Waals surface area (Å²) in [6.07, 6.45) is 4.51. The quantitative estimate of drug-likeness (QED) is 0.312. The first-order valence-electron chi connectivity index (χ1n) is 12.9. The standard InChI is InChI=1S/C29H34ClFN4O3/c1-29(2,3)35(28(36)37)17-19-10-12-22(13-11-19)33-26-15-23(24(30)16-32-26)25-8-5-9-27(34-25)38-18-20-6-4-7-21(31)14-20/h4-9,14-16,19,22H,10-13,17-18H2,1-3H3,(H,32,33)(H,36,37). The molecule has 1 aliphatic carbocycles. The fraction of sp³-hybridized carbons (Fsp3) is 0.414. The number of halogens is 2. The van der Waals surface area contributed by atoms with Crippen molar-refractivity contribution in [2.75, 3.05) is 11.9 Å². The fourth-order valence-corrected chi connectivity index (χ4v) is 4.94. The van der Waals surface area contributed by atoms with Gasteiger partial charge >= 0.3 is 6.09 Å². The zero-order valence-electron chi connectivity index (χ0n) is 22.0. The molecule has 2 N–H and O–H groups in total. The zero-order chi connectivity index (χ0) is 27.3. The van der Waals surface area contributed by atoms with Crippen LogP contribution in [0.5, 0.6) is 5.88 Å². The van der Waals surface area contributed by atoms with E-state index in [1.54, 1.807) is 29.3 Å². The lowest BCUT2D eigenvalue weighted by molar-refractivity contribution is 0.0826. The van der Waals surface area contributed by atoms with E-state index in [1.807, 2.05) is 39.0 Å². The number of nitrogens with zero attached hydrogens (tertiary/aromatic N) is 3. The van der Waals surface area contributed by atoms with Gasteiger partial charge in [-0.2, -0.15) is 0 Å². The molecule has 1 aromatic carbocycles. The largest absolute Gasteiger partial charge is 0.473 e. The van der Waals surface area contributed by atoms with E-state index in [4.69, 9.17) is 16.3 Å². The maximum atomic E-state index is 13.4. The minimum absolute atomic E-state index is 0.202. The summed E-state index contributed by atoms with van der Waals surface area (Å²) in [4.78, 5) is 22.3. The molecule has 2 aromatic heterocycles. The highest BCUT2D eigenvalue weighted by atomic mass is 35.5. The maximum absolute atomic E-state index is 13.4. The van der Waals surface area contributed by atoms with Crippen molar-refractivity contribution in [3.8, 4) is 17.1 Å². The van der Waals surface area contributed by atoms with Crippen molar-refractivity contribution in [3.63, 3.8) is 0 Å². The monoisotopic (exact) mass is 540 g/mol. The van der Waals surface area contributed by atoms with E-state index in [2.05, 4.69) is 15.3 Å². The summed E-state index contributed by atoms with van der Waals surface area (Å²) in [7, 11) is 0. The molecule has 1 aliphatic rings. The number of hydrogen-bond donors (Lipinski definition) is 2. The zero-order valence-corrected chi connectivity index (χ0v) is 22.7. The van der Waals surface area contributed by atoms with Crippen LogP contribution in [0, 0.1) is 11.7 Å². The Morgan fingerprint density at radius 2 is 1.89 bits per heavy atom. The Hall–Kier alpha value is -3.39. The Balaban J connectivity index is 1.37. The third-order valence-electron chi connectivity index (χ3n) is 6.81. The number of aromatic nitrogens is 2. The predicted octanol–water partition coefficient (Wildman–Crippen LogP) is 7.26. The molecule has 1 fully saturated rings. The van der Waals surface area contributed by atoms with Gasteiger partial charge in [-0.3, -0.25) is 0 Å². The first-order chi connectivity index (χ1) is 18.1. The van der Waals surface area contributed by atoms with Crippen LogP contribution in [0.15, 0.2) is 54.7 Å². The minimum atomic E-state index is -0.868. The van der Waals surface area contributed by atoms with Gasteiger partial charge in [-0.1, -0.05) is 29.8 Å². The number of benzene rings is 1. The van der Waals surface area contributed by atoms with Crippen molar-refractivity contribution in [3.05, 3.63) is 71.1 Å². The lowest BCUT2D eigenvalue weighted by Crippen LogP contribution is -2.48. The Morgan fingerprint density at radius 3 is 2.58 bits per heavy atom. The lowest BCUT2D eigenvalue weighted by atomic mass is 9.85. The molecule has 0 atom stereocenters. The molecule has 0 bridgehead atoms. The van der Waals surface area contributed by atoms with Crippen LogP contribution in [0.3, 0.4) is 0 Å². The molecule has 3 aromatic rings. The van der Waals surface area contributed by atoms with Crippen LogP contribution in [0.4, 0.5) is 15.0 Å². The second kappa shape index (κ2) is 12.0. The summed E-state index contributed by atoms with van der Waals surface area (Å²) >= 11 is 6.48. The van der Waals surface area contributed by atoms with Gasteiger partial charge in [-0.25, -0.2) is 19.2 Å². The summed E-state index contributed by atoms with van der Waals surface area (Å²) in [5.41, 5.74) is 1.68. The molecule has 0 unspecified atom stereocenters. The first kappa shape index (κ1) is 27.6. The molecule has 0 radical (unpaired) electrons. The van der Waals surface area contributed by atoms with Gasteiger partial charge in [0.25, 0.3) is 0 Å². The summed E-state index contributed by atoms with van der Waals surface area (Å²) in [5, 5.41) is 13.6. The van der Waals surface area contributed by atoms with Gasteiger partial charge in [0.05, 0.1) is 10.7 Å². The number of ether oxygens (including phenoxy) is 1. The minimum Gasteiger partial charge on any atom is -0.473 e. The Labute approximate surface area is 228 Å². The maximum Gasteiger partial charge on any atom is 0.407 e. The van der Waals surface area contributed by atoms with Crippen LogP contribution in [-0.2, 0) is 6.61 Å². The number of anilines is 1. The van der Waals surface area contributed by atoms with Crippen molar-refractivity contribution in [2.45, 2.75) is 64.6 Å². The number of amides is 1. The normalized spacial score (nSPS) is 17.6. The highest BCUT2D eigenvalue weighted by molar-refractivity contribution is 6.33. The molecule has 9 heteroatoms. The average Bonchev–Trinajstić information content (AvgIpc) is 2.87. The summed E-state index contributed by atoms with van der Waals surface area (Å²) in [5.74, 6) is 1.16. The number of pyridine rings is 2. The van der Waals surface area contributed by atoms with Gasteiger partial charge in [0.2, 0.25) is 5.88 Å². The molecule has 7 nitrogen and oxygen atoms in total. The second-order valence-electron chi connectivity index (χ2n) is 10.8. The van der Waals surface area contributed by atoms with E-state index >= 15 is 0 Å². The van der Waals surface area contributed by atoms with E-state index in [-0.39, 0.29) is 18.5 Å². The highest BCUT2D eigenvalue weighted by Gasteiger charge is 2.31. The van der Waals surface area contributed by atoms with Gasteiger partial charge in [0.15, 0.2) is 0 Å². The van der Waals surface area contributed by atoms with E-state index in [0.29, 0.717) is 34.9 Å². The van der Waals surface area contributed by atoms with Gasteiger partial charge in [0, 0.05) is 36.0 Å². The third kappa shape index (κ3) is 7.34. The molecule has 4 rings (SSSR count). The number of nitrogens with one attached hydrogen (secondary N) is 1. The lowest BCUT2D eigenvalue weighted by Gasteiger charge is -2.38. The van der Waals surface area contributed by atoms with Gasteiger partial charge in [0.1, 0.15) is 18.2 Å². The number of carbonyl (C=O) groups is 1. The van der Waals surface area contributed by atoms with Gasteiger partial charge in [-0.05, 0) is 82.2 Å². The molecule has 1 amide bonds. The molecule has 0 spiro atoms. The van der Waals surface area contributed by atoms with E-state index in [0.717, 1.165) is 36.8 Å². The number of carboxylic acid groups (broad SMARTS) is 1. The van der Waals surface area contributed by atoms with Crippen molar-refractivity contribution in [2.24, 2.45) is 5.92 Å². The van der Waals surface area contributed by atoms with E-state index in [9.17, 15) is 14.3 Å². The molecule has 1 saturated carbocycles. The molecule has 2 heterocycles. The molecular weight excluding hydrogens is 507 g/mol. The molecule has 202 valence electrons. The van der Waals surface area contributed by atoms with Crippen molar-refractivity contribution < 1.29 is 19.0 Å². The van der Waals surface area contributed by atoms with E-state index < -0.39 is 11.6 Å². The number of rotatable bonds is 8. The Bertz CT molecular complexity index is 1260. The van der Waals surface area contributed by atoms with E-state index in [1.165, 1.54) is 12.1 Å². The fourth-order valence-electron chi connectivity index (χ4n) is 4.74. The summed E-state index contributed by atoms with van der Waals surface area (Å²) in [6.45, 7) is 6.55. The van der Waals surface area contributed by atoms with Crippen LogP contribution < -0.4 is 10.1 Å². The predicted molar refractivity (Wildman–Crippen MR) is 147 cm³/mol. The molecule has 0 saturated heterocycles. The molecular formula is C29H34ClFN4O3. The topological polar surface area (TPSA) is 87.6 Å². The van der Waals surface area contributed by atoms with Crippen molar-refractivity contribution >= 4 is 23.5 Å². The molecule has 0 aliphatic heterocycles. The molecule has 38 heavy (non-hydrogen) atoms. The Kier molecular flexibility index (Phi) is 8.72. The van der Waals surface area contributed by atoms with Crippen molar-refractivity contribution in [1.82, 2.24) is 14.9 Å². The highest BCUT2D eigenvalue weighted by Crippen LogP contribution is 2.32. The first-order valence-corrected chi connectivity index (χ1v) is 13.2. The van der Waals surface area contributed by atoms with Crippen LogP contribution in [0.25, 0.3) is 11.3 Å². The average molecular weight is 541 g/mol. The van der Waals surface area contributed by atoms with Gasteiger partial charge < -0.3 is 20.1 Å². The van der Waals surface area contributed by atoms with Crippen molar-refractivity contribution in [1.29, 1.82) is 0 Å². The van der Waals surface area contributed by atoms with Crippen LogP contribution >= 0.6 is 11.6 Å².